The van der Waals surface area contributed by atoms with Gasteiger partial charge in [0.2, 0.25) is 0 Å². The number of amides is 1. The largest absolute Gasteiger partial charge is 0.465 e. The van der Waals surface area contributed by atoms with E-state index in [0.717, 1.165) is 0 Å². The zero-order valence-electron chi connectivity index (χ0n) is 13.5. The van der Waals surface area contributed by atoms with Gasteiger partial charge in [-0.25, -0.2) is 9.18 Å². The summed E-state index contributed by atoms with van der Waals surface area (Å²) in [6.45, 7) is 2.47. The molecule has 1 aromatic rings. The van der Waals surface area contributed by atoms with Crippen LogP contribution in [0.25, 0.3) is 0 Å². The molecule has 1 aromatic carbocycles. The lowest BCUT2D eigenvalue weighted by Crippen LogP contribution is -2.50. The molecule has 8 heteroatoms. The molecule has 132 valence electrons. The molecule has 0 saturated carbocycles. The maximum absolute atomic E-state index is 13.7. The Bertz CT molecular complexity index is 621. The highest BCUT2D eigenvalue weighted by Crippen LogP contribution is 2.42. The first kappa shape index (κ1) is 19.0. The molecule has 1 heterocycles. The van der Waals surface area contributed by atoms with Crippen LogP contribution in [0.1, 0.15) is 35.9 Å². The number of ether oxygens (including phenoxy) is 2. The van der Waals surface area contributed by atoms with Crippen LogP contribution in [-0.4, -0.2) is 47.2 Å². The first-order chi connectivity index (χ1) is 11.2. The summed E-state index contributed by atoms with van der Waals surface area (Å²) in [6.07, 6.45) is -0.701. The molecule has 0 spiro atoms. The van der Waals surface area contributed by atoms with Crippen LogP contribution in [0, 0.1) is 0 Å². The number of rotatable bonds is 4. The lowest BCUT2D eigenvalue weighted by Gasteiger charge is -2.33. The van der Waals surface area contributed by atoms with Crippen molar-refractivity contribution in [3.63, 3.8) is 0 Å². The number of hydrogen-bond donors (Lipinski definition) is 0. The van der Waals surface area contributed by atoms with Crippen LogP contribution in [0.2, 0.25) is 0 Å². The minimum absolute atomic E-state index is 0.366. The van der Waals surface area contributed by atoms with E-state index < -0.39 is 41.3 Å². The van der Waals surface area contributed by atoms with E-state index in [-0.39, 0.29) is 0 Å². The lowest BCUT2D eigenvalue weighted by molar-refractivity contribution is -0.145. The number of esters is 1. The Morgan fingerprint density at radius 1 is 1.33 bits per heavy atom. The number of hydrogen-bond acceptors (Lipinski definition) is 4. The van der Waals surface area contributed by atoms with Crippen molar-refractivity contribution < 1.29 is 23.5 Å². The summed E-state index contributed by atoms with van der Waals surface area (Å²) in [5.41, 5.74) is -0.0686. The molecule has 0 unspecified atom stereocenters. The van der Waals surface area contributed by atoms with Crippen molar-refractivity contribution >= 4 is 35.1 Å². The minimum atomic E-state index is -1.30. The van der Waals surface area contributed by atoms with Crippen LogP contribution in [-0.2, 0) is 14.3 Å². The van der Waals surface area contributed by atoms with Crippen molar-refractivity contribution in [2.45, 2.75) is 36.6 Å². The van der Waals surface area contributed by atoms with E-state index in [9.17, 15) is 14.0 Å². The Kier molecular flexibility index (Phi) is 5.73. The van der Waals surface area contributed by atoms with Crippen LogP contribution in [0.4, 0.5) is 4.39 Å². The average Bonchev–Trinajstić information content (AvgIpc) is 2.83. The quantitative estimate of drug-likeness (QED) is 0.596. The molecule has 1 saturated heterocycles. The van der Waals surface area contributed by atoms with Crippen LogP contribution in [0.15, 0.2) is 24.3 Å². The first-order valence-electron chi connectivity index (χ1n) is 7.26. The number of halogens is 3. The number of methoxy groups -OCH3 is 1. The fourth-order valence-corrected chi connectivity index (χ4v) is 3.09. The zero-order valence-corrected chi connectivity index (χ0v) is 15.0. The van der Waals surface area contributed by atoms with E-state index in [0.29, 0.717) is 11.1 Å². The smallest absolute Gasteiger partial charge is 0.337 e. The van der Waals surface area contributed by atoms with Gasteiger partial charge < -0.3 is 14.4 Å². The lowest BCUT2D eigenvalue weighted by atomic mass is 10.0. The normalized spacial score (nSPS) is 22.7. The molecule has 1 aliphatic rings. The van der Waals surface area contributed by atoms with Gasteiger partial charge in [-0.15, -0.1) is 0 Å². The topological polar surface area (TPSA) is 55.8 Å². The van der Waals surface area contributed by atoms with Crippen molar-refractivity contribution in [2.24, 2.45) is 0 Å². The summed E-state index contributed by atoms with van der Waals surface area (Å²) in [5, 5.41) is 0. The maximum Gasteiger partial charge on any atom is 0.337 e. The van der Waals surface area contributed by atoms with Crippen molar-refractivity contribution in [1.82, 2.24) is 4.90 Å². The third kappa shape index (κ3) is 3.50. The predicted octanol–water partition coefficient (Wildman–Crippen LogP) is 3.25. The number of alkyl halides is 3. The van der Waals surface area contributed by atoms with Gasteiger partial charge in [-0.1, -0.05) is 35.3 Å². The van der Waals surface area contributed by atoms with Gasteiger partial charge in [-0.3, -0.25) is 4.79 Å². The molecule has 0 radical (unpaired) electrons. The van der Waals surface area contributed by atoms with E-state index >= 15 is 0 Å². The second-order valence-electron chi connectivity index (χ2n) is 5.83. The van der Waals surface area contributed by atoms with Crippen LogP contribution in [0.3, 0.4) is 0 Å². The van der Waals surface area contributed by atoms with Gasteiger partial charge in [0.25, 0.3) is 5.91 Å². The summed E-state index contributed by atoms with van der Waals surface area (Å²) >= 11 is 11.3. The van der Waals surface area contributed by atoms with Gasteiger partial charge in [0.15, 0.2) is 4.84 Å². The molecule has 2 atom stereocenters. The number of nitrogens with zero attached hydrogens (tertiary/aromatic N) is 1. The van der Waals surface area contributed by atoms with Gasteiger partial charge in [0.05, 0.1) is 18.7 Å². The number of carbonyl (C=O) groups is 2. The summed E-state index contributed by atoms with van der Waals surface area (Å²) in [7, 11) is 1.29. The fraction of sp³-hybridized carbons (Fsp3) is 0.500. The van der Waals surface area contributed by atoms with Crippen LogP contribution in [0.5, 0.6) is 0 Å². The average molecular weight is 378 g/mol. The van der Waals surface area contributed by atoms with Gasteiger partial charge in [0.1, 0.15) is 18.5 Å². The maximum atomic E-state index is 13.7. The Hall–Kier alpha value is -1.37. The minimum Gasteiger partial charge on any atom is -0.465 e. The van der Waals surface area contributed by atoms with E-state index in [1.807, 2.05) is 0 Å². The van der Waals surface area contributed by atoms with Gasteiger partial charge in [-0.05, 0) is 31.5 Å². The van der Waals surface area contributed by atoms with Crippen LogP contribution < -0.4 is 0 Å². The van der Waals surface area contributed by atoms with Crippen molar-refractivity contribution in [3.8, 4) is 0 Å². The second kappa shape index (κ2) is 7.25. The highest BCUT2D eigenvalue weighted by atomic mass is 35.5. The number of benzene rings is 1. The molecule has 0 aromatic heterocycles. The highest BCUT2D eigenvalue weighted by Gasteiger charge is 2.51. The monoisotopic (exact) mass is 377 g/mol. The van der Waals surface area contributed by atoms with Crippen molar-refractivity contribution in [2.75, 3.05) is 13.8 Å². The second-order valence-corrected chi connectivity index (χ2v) is 6.93. The molecule has 0 aliphatic carbocycles. The molecular weight excluding hydrogens is 360 g/mol. The molecule has 5 nitrogen and oxygen atoms in total. The third-order valence-corrected chi connectivity index (χ3v) is 4.29. The Morgan fingerprint density at radius 3 is 2.38 bits per heavy atom. The highest BCUT2D eigenvalue weighted by molar-refractivity contribution is 6.53. The summed E-state index contributed by atoms with van der Waals surface area (Å²) in [5.74, 6) is -1.08. The van der Waals surface area contributed by atoms with Crippen molar-refractivity contribution in [1.29, 1.82) is 0 Å². The van der Waals surface area contributed by atoms with Gasteiger partial charge in [0, 0.05) is 0 Å². The molecular formula is C16H18Cl2FNO4. The van der Waals surface area contributed by atoms with E-state index in [4.69, 9.17) is 27.9 Å². The van der Waals surface area contributed by atoms with E-state index in [2.05, 4.69) is 4.74 Å². The Morgan fingerprint density at radius 2 is 1.92 bits per heavy atom. The predicted molar refractivity (Wildman–Crippen MR) is 87.8 cm³/mol. The van der Waals surface area contributed by atoms with Crippen molar-refractivity contribution in [3.05, 3.63) is 35.4 Å². The van der Waals surface area contributed by atoms with Gasteiger partial charge >= 0.3 is 5.97 Å². The van der Waals surface area contributed by atoms with Crippen LogP contribution >= 0.6 is 23.2 Å². The summed E-state index contributed by atoms with van der Waals surface area (Å²) in [4.78, 5) is 23.7. The molecule has 0 N–H and O–H groups in total. The molecule has 1 amide bonds. The zero-order chi connectivity index (χ0) is 18.1. The Labute approximate surface area is 149 Å². The number of carbonyl (C=O) groups excluding carboxylic acids is 2. The third-order valence-electron chi connectivity index (χ3n) is 3.92. The Balaban J connectivity index is 2.33. The fourth-order valence-electron chi connectivity index (χ4n) is 2.88. The molecule has 24 heavy (non-hydrogen) atoms. The van der Waals surface area contributed by atoms with Gasteiger partial charge in [-0.2, -0.15) is 0 Å². The SMILES string of the molecule is COC(=O)c1ccc([C@H]2OC(C)(C)N(C(=O)C(Cl)Cl)[C@@H]2CF)cc1. The van der Waals surface area contributed by atoms with E-state index in [1.165, 1.54) is 12.0 Å². The van der Waals surface area contributed by atoms with E-state index in [1.54, 1.807) is 38.1 Å². The standard InChI is InChI=1S/C16H18Cl2FNO4/c1-16(2)20(14(21)13(17)18)11(8-19)12(24-16)9-4-6-10(7-5-9)15(22)23-3/h4-7,11-13H,8H2,1-3H3/t11-,12-/m1/s1. The summed E-state index contributed by atoms with van der Waals surface area (Å²) in [6, 6.07) is 5.54. The first-order valence-corrected chi connectivity index (χ1v) is 8.13. The molecule has 0 bridgehead atoms. The molecule has 1 aliphatic heterocycles. The molecule has 1 fully saturated rings. The molecule has 2 rings (SSSR count). The summed E-state index contributed by atoms with van der Waals surface area (Å²) < 4.78 is 24.2.